The monoisotopic (exact) mass is 273 g/mol. The molecule has 0 atom stereocenters. The van der Waals surface area contributed by atoms with Gasteiger partial charge in [0.1, 0.15) is 0 Å². The third-order valence-electron chi connectivity index (χ3n) is 3.75. The summed E-state index contributed by atoms with van der Waals surface area (Å²) in [5.41, 5.74) is 6.23. The summed E-state index contributed by atoms with van der Waals surface area (Å²) in [7, 11) is 0. The predicted molar refractivity (Wildman–Crippen MR) is 81.8 cm³/mol. The van der Waals surface area contributed by atoms with E-state index in [4.69, 9.17) is 5.84 Å². The molecule has 1 aromatic carbocycles. The number of nitrogens with two attached hydrogens (primary N) is 1. The number of benzene rings is 1. The van der Waals surface area contributed by atoms with E-state index in [0.29, 0.717) is 6.42 Å². The molecule has 0 radical (unpaired) electrons. The van der Waals surface area contributed by atoms with E-state index in [9.17, 15) is 4.79 Å². The molecule has 0 saturated heterocycles. The normalized spacial score (nSPS) is 15.8. The fourth-order valence-electron chi connectivity index (χ4n) is 2.48. The van der Waals surface area contributed by atoms with E-state index in [1.165, 1.54) is 16.7 Å². The van der Waals surface area contributed by atoms with Crippen molar-refractivity contribution in [2.75, 3.05) is 19.6 Å². The molecule has 0 spiro atoms. The molecule has 0 saturated carbocycles. The van der Waals surface area contributed by atoms with Crippen molar-refractivity contribution >= 4 is 11.5 Å². The van der Waals surface area contributed by atoms with Gasteiger partial charge in [0.05, 0.1) is 0 Å². The molecule has 20 heavy (non-hydrogen) atoms. The second-order valence-electron chi connectivity index (χ2n) is 5.32. The van der Waals surface area contributed by atoms with Crippen molar-refractivity contribution in [3.05, 3.63) is 41.5 Å². The molecule has 1 heterocycles. The van der Waals surface area contributed by atoms with Crippen molar-refractivity contribution in [3.63, 3.8) is 0 Å². The zero-order valence-corrected chi connectivity index (χ0v) is 12.1. The lowest BCUT2D eigenvalue weighted by atomic mass is 9.98. The Morgan fingerprint density at radius 2 is 2.10 bits per heavy atom. The molecule has 108 valence electrons. The average molecular weight is 273 g/mol. The number of hydrogen-bond donors (Lipinski definition) is 2. The van der Waals surface area contributed by atoms with Gasteiger partial charge in [-0.25, -0.2) is 5.84 Å². The van der Waals surface area contributed by atoms with E-state index in [-0.39, 0.29) is 5.91 Å². The van der Waals surface area contributed by atoms with Gasteiger partial charge in [-0.15, -0.1) is 0 Å². The highest BCUT2D eigenvalue weighted by molar-refractivity contribution is 5.75. The lowest BCUT2D eigenvalue weighted by Gasteiger charge is -2.26. The van der Waals surface area contributed by atoms with Gasteiger partial charge in [-0.05, 0) is 37.4 Å². The van der Waals surface area contributed by atoms with E-state index in [0.717, 1.165) is 32.5 Å². The third-order valence-corrected chi connectivity index (χ3v) is 3.75. The van der Waals surface area contributed by atoms with E-state index >= 15 is 0 Å². The Balaban J connectivity index is 1.81. The van der Waals surface area contributed by atoms with Gasteiger partial charge in [0.25, 0.3) is 0 Å². The van der Waals surface area contributed by atoms with Gasteiger partial charge in [-0.1, -0.05) is 35.9 Å². The fourth-order valence-corrected chi connectivity index (χ4v) is 2.48. The first-order valence-electron chi connectivity index (χ1n) is 7.17. The number of carbonyl (C=O) groups excluding carboxylic acids is 1. The standard InChI is InChI=1S/C16H23N3O/c1-13-4-6-14(7-5-13)15-8-11-19(12-9-15)10-2-3-16(20)18-17/h4-8H,2-3,9-12,17H2,1H3,(H,18,20). The zero-order chi connectivity index (χ0) is 14.4. The molecule has 0 bridgehead atoms. The van der Waals surface area contributed by atoms with E-state index in [2.05, 4.69) is 47.6 Å². The van der Waals surface area contributed by atoms with Crippen LogP contribution in [0, 0.1) is 6.92 Å². The summed E-state index contributed by atoms with van der Waals surface area (Å²) >= 11 is 0. The summed E-state index contributed by atoms with van der Waals surface area (Å²) in [6.45, 7) is 5.08. The summed E-state index contributed by atoms with van der Waals surface area (Å²) in [5, 5.41) is 0. The maximum Gasteiger partial charge on any atom is 0.233 e. The molecule has 0 aromatic heterocycles. The first-order chi connectivity index (χ1) is 9.69. The number of carbonyl (C=O) groups is 1. The Hall–Kier alpha value is -1.65. The van der Waals surface area contributed by atoms with Gasteiger partial charge in [0, 0.05) is 19.5 Å². The Morgan fingerprint density at radius 1 is 1.35 bits per heavy atom. The summed E-state index contributed by atoms with van der Waals surface area (Å²) in [6, 6.07) is 8.72. The Morgan fingerprint density at radius 3 is 2.70 bits per heavy atom. The summed E-state index contributed by atoms with van der Waals surface area (Å²) < 4.78 is 0. The van der Waals surface area contributed by atoms with Crippen LogP contribution in [0.25, 0.3) is 5.57 Å². The van der Waals surface area contributed by atoms with Crippen molar-refractivity contribution < 1.29 is 4.79 Å². The van der Waals surface area contributed by atoms with Gasteiger partial charge in [-0.3, -0.25) is 15.1 Å². The van der Waals surface area contributed by atoms with Gasteiger partial charge >= 0.3 is 0 Å². The largest absolute Gasteiger partial charge is 0.299 e. The molecule has 0 aliphatic carbocycles. The van der Waals surface area contributed by atoms with Crippen LogP contribution in [0.15, 0.2) is 30.3 Å². The maximum absolute atomic E-state index is 11.1. The number of nitrogens with one attached hydrogen (secondary N) is 1. The van der Waals surface area contributed by atoms with Crippen LogP contribution in [0.3, 0.4) is 0 Å². The summed E-state index contributed by atoms with van der Waals surface area (Å²) in [5.74, 6) is 4.98. The molecule has 4 nitrogen and oxygen atoms in total. The topological polar surface area (TPSA) is 58.4 Å². The number of amides is 1. The minimum absolute atomic E-state index is 0.0853. The second-order valence-corrected chi connectivity index (χ2v) is 5.32. The van der Waals surface area contributed by atoms with Gasteiger partial charge in [0.2, 0.25) is 5.91 Å². The Kier molecular flexibility index (Phi) is 5.32. The van der Waals surface area contributed by atoms with E-state index in [1.54, 1.807) is 0 Å². The smallest absolute Gasteiger partial charge is 0.233 e. The van der Waals surface area contributed by atoms with Gasteiger partial charge < -0.3 is 0 Å². The Bertz CT molecular complexity index is 479. The molecule has 0 fully saturated rings. The van der Waals surface area contributed by atoms with Crippen LogP contribution < -0.4 is 11.3 Å². The fraction of sp³-hybridized carbons (Fsp3) is 0.438. The first-order valence-corrected chi connectivity index (χ1v) is 7.17. The highest BCUT2D eigenvalue weighted by atomic mass is 16.2. The van der Waals surface area contributed by atoms with Crippen LogP contribution in [0.4, 0.5) is 0 Å². The van der Waals surface area contributed by atoms with Crippen LogP contribution in [0.2, 0.25) is 0 Å². The summed E-state index contributed by atoms with van der Waals surface area (Å²) in [6.07, 6.45) is 4.74. The highest BCUT2D eigenvalue weighted by Gasteiger charge is 2.12. The quantitative estimate of drug-likeness (QED) is 0.489. The zero-order valence-electron chi connectivity index (χ0n) is 12.1. The molecular weight excluding hydrogens is 250 g/mol. The molecule has 0 unspecified atom stereocenters. The van der Waals surface area contributed by atoms with Crippen molar-refractivity contribution in [1.29, 1.82) is 0 Å². The van der Waals surface area contributed by atoms with E-state index in [1.807, 2.05) is 0 Å². The molecule has 3 N–H and O–H groups in total. The first kappa shape index (κ1) is 14.8. The number of aryl methyl sites for hydroxylation is 1. The number of hydrogen-bond acceptors (Lipinski definition) is 3. The predicted octanol–water partition coefficient (Wildman–Crippen LogP) is 1.85. The molecule has 4 heteroatoms. The maximum atomic E-state index is 11.1. The minimum Gasteiger partial charge on any atom is -0.299 e. The van der Waals surface area contributed by atoms with Crippen molar-refractivity contribution in [3.8, 4) is 0 Å². The third kappa shape index (κ3) is 4.18. The second kappa shape index (κ2) is 7.22. The average Bonchev–Trinajstić information content (AvgIpc) is 2.48. The summed E-state index contributed by atoms with van der Waals surface area (Å²) in [4.78, 5) is 13.4. The minimum atomic E-state index is -0.0853. The number of nitrogens with zero attached hydrogens (tertiary/aromatic N) is 1. The van der Waals surface area contributed by atoms with Crippen LogP contribution in [-0.4, -0.2) is 30.4 Å². The van der Waals surface area contributed by atoms with Gasteiger partial charge in [0.15, 0.2) is 0 Å². The van der Waals surface area contributed by atoms with Crippen molar-refractivity contribution in [2.24, 2.45) is 5.84 Å². The molecular formula is C16H23N3O. The lowest BCUT2D eigenvalue weighted by Crippen LogP contribution is -2.32. The van der Waals surface area contributed by atoms with Gasteiger partial charge in [-0.2, -0.15) is 0 Å². The number of hydrazine groups is 1. The Labute approximate surface area is 120 Å². The number of rotatable bonds is 5. The molecule has 2 rings (SSSR count). The molecule has 1 aliphatic rings. The van der Waals surface area contributed by atoms with Crippen molar-refractivity contribution in [1.82, 2.24) is 10.3 Å². The SMILES string of the molecule is Cc1ccc(C2=CCN(CCCC(=O)NN)CC2)cc1. The van der Waals surface area contributed by atoms with Crippen molar-refractivity contribution in [2.45, 2.75) is 26.2 Å². The lowest BCUT2D eigenvalue weighted by molar-refractivity contribution is -0.121. The molecule has 1 aromatic rings. The highest BCUT2D eigenvalue weighted by Crippen LogP contribution is 2.22. The van der Waals surface area contributed by atoms with Crippen LogP contribution >= 0.6 is 0 Å². The molecule has 1 amide bonds. The molecule has 1 aliphatic heterocycles. The van der Waals surface area contributed by atoms with E-state index < -0.39 is 0 Å². The van der Waals surface area contributed by atoms with Crippen LogP contribution in [0.1, 0.15) is 30.4 Å². The van der Waals surface area contributed by atoms with Crippen LogP contribution in [-0.2, 0) is 4.79 Å². The van der Waals surface area contributed by atoms with Crippen LogP contribution in [0.5, 0.6) is 0 Å².